The molecule has 0 atom stereocenters. The summed E-state index contributed by atoms with van der Waals surface area (Å²) in [6.07, 6.45) is 1.88. The zero-order chi connectivity index (χ0) is 10.1. The van der Waals surface area contributed by atoms with Gasteiger partial charge < -0.3 is 0 Å². The Labute approximate surface area is 92.9 Å². The molecule has 15 heavy (non-hydrogen) atoms. The lowest BCUT2D eigenvalue weighted by atomic mass is 10.2. The van der Waals surface area contributed by atoms with Gasteiger partial charge in [-0.05, 0) is 24.3 Å². The van der Waals surface area contributed by atoms with Crippen LogP contribution in [0.25, 0.3) is 0 Å². The van der Waals surface area contributed by atoms with Crippen molar-refractivity contribution in [3.8, 4) is 0 Å². The molecule has 1 aliphatic rings. The maximum Gasteiger partial charge on any atom is 0.0769 e. The molecule has 0 amide bonds. The first-order valence-electron chi connectivity index (χ1n) is 4.75. The molecule has 1 aliphatic heterocycles. The molecular formula is C13H8NS. The number of para-hydroxylation sites is 1. The van der Waals surface area contributed by atoms with E-state index in [-0.39, 0.29) is 0 Å². The minimum absolute atomic E-state index is 1.03. The van der Waals surface area contributed by atoms with Crippen molar-refractivity contribution in [3.63, 3.8) is 0 Å². The second-order valence-electron chi connectivity index (χ2n) is 3.28. The summed E-state index contributed by atoms with van der Waals surface area (Å²) < 4.78 is 0. The monoisotopic (exact) mass is 210 g/mol. The summed E-state index contributed by atoms with van der Waals surface area (Å²) in [5.74, 6) is 0. The number of fused-ring (bicyclic) bond motifs is 2. The molecule has 0 fully saturated rings. The molecule has 3 rings (SSSR count). The number of hydrogen-bond acceptors (Lipinski definition) is 2. The minimum Gasteiger partial charge on any atom is -0.255 e. The Hall–Kier alpha value is -1.54. The highest BCUT2D eigenvalue weighted by Gasteiger charge is 2.09. The highest BCUT2D eigenvalue weighted by molar-refractivity contribution is 7.99. The highest BCUT2D eigenvalue weighted by atomic mass is 32.2. The van der Waals surface area contributed by atoms with Gasteiger partial charge in [-0.15, -0.1) is 0 Å². The van der Waals surface area contributed by atoms with Crippen LogP contribution in [0.2, 0.25) is 0 Å². The van der Waals surface area contributed by atoms with Crippen molar-refractivity contribution in [2.75, 3.05) is 0 Å². The van der Waals surface area contributed by atoms with Crippen LogP contribution < -0.4 is 0 Å². The summed E-state index contributed by atoms with van der Waals surface area (Å²) in [6.45, 7) is 0. The van der Waals surface area contributed by atoms with Crippen molar-refractivity contribution in [3.05, 3.63) is 54.1 Å². The molecule has 0 N–H and O–H groups in total. The van der Waals surface area contributed by atoms with E-state index in [9.17, 15) is 0 Å². The first-order chi connectivity index (χ1) is 7.43. The van der Waals surface area contributed by atoms with E-state index in [1.165, 1.54) is 9.79 Å². The first kappa shape index (κ1) is 8.74. The average Bonchev–Trinajstić information content (AvgIpc) is 2.48. The van der Waals surface area contributed by atoms with E-state index in [0.717, 1.165) is 11.3 Å². The smallest absolute Gasteiger partial charge is 0.0769 e. The zero-order valence-electron chi connectivity index (χ0n) is 7.97. The highest BCUT2D eigenvalue weighted by Crippen LogP contribution is 2.38. The van der Waals surface area contributed by atoms with Gasteiger partial charge in [0.15, 0.2) is 0 Å². The Kier molecular flexibility index (Phi) is 2.07. The molecule has 71 valence electrons. The van der Waals surface area contributed by atoms with E-state index in [0.29, 0.717) is 0 Å². The SMILES string of the molecule is [c]1cccc2c1C=Nc1ccccc1S2. The molecule has 2 aromatic carbocycles. The Morgan fingerprint density at radius 1 is 1.00 bits per heavy atom. The van der Waals surface area contributed by atoms with Crippen LogP contribution in [-0.2, 0) is 0 Å². The molecule has 1 heterocycles. The summed E-state index contributed by atoms with van der Waals surface area (Å²) in [7, 11) is 0. The Bertz CT molecular complexity index is 484. The summed E-state index contributed by atoms with van der Waals surface area (Å²) in [4.78, 5) is 6.87. The van der Waals surface area contributed by atoms with E-state index < -0.39 is 0 Å². The summed E-state index contributed by atoms with van der Waals surface area (Å²) in [5.41, 5.74) is 2.10. The number of nitrogens with zero attached hydrogens (tertiary/aromatic N) is 1. The predicted octanol–water partition coefficient (Wildman–Crippen LogP) is 3.70. The number of aliphatic imine (C=N–C) groups is 1. The molecular weight excluding hydrogens is 202 g/mol. The maximum atomic E-state index is 4.45. The van der Waals surface area contributed by atoms with Gasteiger partial charge in [0.1, 0.15) is 0 Å². The lowest BCUT2D eigenvalue weighted by molar-refractivity contribution is 1.38. The standard InChI is InChI=1S/C13H8NS/c1-3-7-12-10(5-1)9-14-11-6-2-4-8-13(11)15-12/h1-4,6-9H. The van der Waals surface area contributed by atoms with Crippen molar-refractivity contribution in [1.82, 2.24) is 0 Å². The van der Waals surface area contributed by atoms with Crippen molar-refractivity contribution in [2.24, 2.45) is 4.99 Å². The fourth-order valence-corrected chi connectivity index (χ4v) is 2.50. The Balaban J connectivity index is 2.19. The lowest BCUT2D eigenvalue weighted by Crippen LogP contribution is -1.82. The fraction of sp³-hybridized carbons (Fsp3) is 0. The Morgan fingerprint density at radius 3 is 2.87 bits per heavy atom. The molecule has 0 unspecified atom stereocenters. The first-order valence-corrected chi connectivity index (χ1v) is 5.57. The minimum atomic E-state index is 1.03. The van der Waals surface area contributed by atoms with Gasteiger partial charge in [0.05, 0.1) is 5.69 Å². The number of hydrogen-bond donors (Lipinski definition) is 0. The molecule has 2 aromatic rings. The number of rotatable bonds is 0. The van der Waals surface area contributed by atoms with E-state index in [2.05, 4.69) is 23.2 Å². The van der Waals surface area contributed by atoms with Crippen LogP contribution in [0.4, 0.5) is 5.69 Å². The zero-order valence-corrected chi connectivity index (χ0v) is 8.79. The third-order valence-corrected chi connectivity index (χ3v) is 3.41. The average molecular weight is 210 g/mol. The molecule has 1 nitrogen and oxygen atoms in total. The predicted molar refractivity (Wildman–Crippen MR) is 63.1 cm³/mol. The normalized spacial score (nSPS) is 12.8. The third-order valence-electron chi connectivity index (χ3n) is 2.27. The molecule has 0 bridgehead atoms. The van der Waals surface area contributed by atoms with Crippen LogP contribution in [0.15, 0.2) is 57.2 Å². The van der Waals surface area contributed by atoms with Crippen LogP contribution >= 0.6 is 11.8 Å². The quantitative estimate of drug-likeness (QED) is 0.551. The van der Waals surface area contributed by atoms with Crippen LogP contribution in [0, 0.1) is 6.07 Å². The Morgan fingerprint density at radius 2 is 1.87 bits per heavy atom. The van der Waals surface area contributed by atoms with Crippen LogP contribution in [0.3, 0.4) is 0 Å². The summed E-state index contributed by atoms with van der Waals surface area (Å²) in [6, 6.07) is 17.4. The fourth-order valence-electron chi connectivity index (χ4n) is 1.53. The summed E-state index contributed by atoms with van der Waals surface area (Å²) >= 11 is 1.75. The van der Waals surface area contributed by atoms with Crippen LogP contribution in [0.1, 0.15) is 5.56 Å². The van der Waals surface area contributed by atoms with Gasteiger partial charge in [0.25, 0.3) is 0 Å². The van der Waals surface area contributed by atoms with E-state index in [4.69, 9.17) is 0 Å². The van der Waals surface area contributed by atoms with Crippen molar-refractivity contribution in [2.45, 2.75) is 9.79 Å². The van der Waals surface area contributed by atoms with Crippen molar-refractivity contribution in [1.29, 1.82) is 0 Å². The molecule has 1 radical (unpaired) electrons. The molecule has 0 spiro atoms. The maximum absolute atomic E-state index is 4.45. The van der Waals surface area contributed by atoms with E-state index in [1.807, 2.05) is 36.5 Å². The van der Waals surface area contributed by atoms with Crippen LogP contribution in [0.5, 0.6) is 0 Å². The second-order valence-corrected chi connectivity index (χ2v) is 4.36. The second kappa shape index (κ2) is 3.55. The van der Waals surface area contributed by atoms with Gasteiger partial charge in [-0.25, -0.2) is 0 Å². The third kappa shape index (κ3) is 1.57. The van der Waals surface area contributed by atoms with Gasteiger partial charge in [-0.3, -0.25) is 4.99 Å². The topological polar surface area (TPSA) is 12.4 Å². The molecule has 0 saturated heterocycles. The van der Waals surface area contributed by atoms with Crippen molar-refractivity contribution < 1.29 is 0 Å². The number of benzene rings is 2. The van der Waals surface area contributed by atoms with Gasteiger partial charge >= 0.3 is 0 Å². The van der Waals surface area contributed by atoms with Gasteiger partial charge in [-0.2, -0.15) is 0 Å². The van der Waals surface area contributed by atoms with Gasteiger partial charge in [0, 0.05) is 21.6 Å². The molecule has 0 aliphatic carbocycles. The van der Waals surface area contributed by atoms with Crippen LogP contribution in [-0.4, -0.2) is 6.21 Å². The molecule has 2 heteroatoms. The van der Waals surface area contributed by atoms with Gasteiger partial charge in [0.2, 0.25) is 0 Å². The molecule has 0 aromatic heterocycles. The van der Waals surface area contributed by atoms with Crippen molar-refractivity contribution >= 4 is 23.7 Å². The summed E-state index contributed by atoms with van der Waals surface area (Å²) in [5, 5.41) is 0. The lowest BCUT2D eigenvalue weighted by Gasteiger charge is -2.02. The van der Waals surface area contributed by atoms with E-state index >= 15 is 0 Å². The molecule has 0 saturated carbocycles. The van der Waals surface area contributed by atoms with E-state index in [1.54, 1.807) is 11.8 Å². The van der Waals surface area contributed by atoms with Gasteiger partial charge in [-0.1, -0.05) is 36.0 Å². The largest absolute Gasteiger partial charge is 0.255 e.